The molecule has 0 fully saturated rings. The molecule has 1 N–H and O–H groups in total. The second kappa shape index (κ2) is 6.87. The van der Waals surface area contributed by atoms with Gasteiger partial charge in [0.1, 0.15) is 5.75 Å². The quantitative estimate of drug-likeness (QED) is 0.672. The molecule has 2 atom stereocenters. The van der Waals surface area contributed by atoms with Gasteiger partial charge in [-0.3, -0.25) is 0 Å². The minimum atomic E-state index is -0.305. The SMILES string of the molecule is CCOc1cccc2c1O[C@H](c1ccsc1)N1N=C(c3cccc(O)c3)C[C@@H]21. The average Bonchev–Trinajstić information content (AvgIpc) is 3.38. The fourth-order valence-electron chi connectivity index (χ4n) is 3.85. The number of ether oxygens (including phenoxy) is 2. The van der Waals surface area contributed by atoms with Crippen molar-refractivity contribution >= 4 is 17.0 Å². The third kappa shape index (κ3) is 2.81. The summed E-state index contributed by atoms with van der Waals surface area (Å²) in [5.74, 6) is 1.81. The minimum absolute atomic E-state index is 0.0615. The van der Waals surface area contributed by atoms with Crippen molar-refractivity contribution in [2.45, 2.75) is 25.6 Å². The molecule has 142 valence electrons. The highest BCUT2D eigenvalue weighted by molar-refractivity contribution is 7.07. The molecule has 2 aliphatic heterocycles. The highest BCUT2D eigenvalue weighted by Crippen LogP contribution is 2.50. The van der Waals surface area contributed by atoms with Gasteiger partial charge in [-0.25, -0.2) is 5.01 Å². The summed E-state index contributed by atoms with van der Waals surface area (Å²) in [6.07, 6.45) is 0.441. The standard InChI is InChI=1S/C22H20N2O3S/c1-2-26-20-8-4-7-17-19-12-18(14-5-3-6-16(25)11-14)23-24(19)22(27-21(17)20)15-9-10-28-13-15/h3-11,13,19,22,25H,2,12H2,1H3/t19-,22+/m0/s1. The summed E-state index contributed by atoms with van der Waals surface area (Å²) in [5.41, 5.74) is 4.03. The Morgan fingerprint density at radius 1 is 1.25 bits per heavy atom. The lowest BCUT2D eigenvalue weighted by Gasteiger charge is -2.38. The zero-order valence-electron chi connectivity index (χ0n) is 15.4. The smallest absolute Gasteiger partial charge is 0.214 e. The number of thiophene rings is 1. The van der Waals surface area contributed by atoms with Crippen LogP contribution in [0.1, 0.15) is 42.3 Å². The van der Waals surface area contributed by atoms with E-state index >= 15 is 0 Å². The molecule has 1 aromatic heterocycles. The van der Waals surface area contributed by atoms with Crippen LogP contribution in [0, 0.1) is 0 Å². The number of phenolic OH excluding ortho intramolecular Hbond substituents is 1. The van der Waals surface area contributed by atoms with Gasteiger partial charge in [-0.15, -0.1) is 0 Å². The van der Waals surface area contributed by atoms with Gasteiger partial charge in [-0.2, -0.15) is 16.4 Å². The monoisotopic (exact) mass is 392 g/mol. The number of hydrogen-bond acceptors (Lipinski definition) is 6. The third-order valence-corrected chi connectivity index (χ3v) is 5.79. The highest BCUT2D eigenvalue weighted by Gasteiger charge is 2.42. The first kappa shape index (κ1) is 17.1. The van der Waals surface area contributed by atoms with Crippen LogP contribution in [0.4, 0.5) is 0 Å². The number of aromatic hydroxyl groups is 1. The van der Waals surface area contributed by atoms with E-state index in [4.69, 9.17) is 14.6 Å². The normalized spacial score (nSPS) is 20.2. The molecule has 0 spiro atoms. The number of hydrazone groups is 1. The van der Waals surface area contributed by atoms with Crippen molar-refractivity contribution in [2.75, 3.05) is 6.61 Å². The zero-order valence-corrected chi connectivity index (χ0v) is 16.2. The van der Waals surface area contributed by atoms with Crippen LogP contribution in [-0.2, 0) is 0 Å². The number of rotatable bonds is 4. The van der Waals surface area contributed by atoms with Gasteiger partial charge in [0.2, 0.25) is 6.23 Å². The van der Waals surface area contributed by atoms with E-state index < -0.39 is 0 Å². The first-order chi connectivity index (χ1) is 13.7. The summed E-state index contributed by atoms with van der Waals surface area (Å²) in [4.78, 5) is 0. The number of fused-ring (bicyclic) bond motifs is 3. The van der Waals surface area contributed by atoms with E-state index in [1.54, 1.807) is 23.5 Å². The molecule has 0 aliphatic carbocycles. The number of nitrogens with zero attached hydrogens (tertiary/aromatic N) is 2. The molecule has 28 heavy (non-hydrogen) atoms. The first-order valence-corrected chi connectivity index (χ1v) is 10.3. The summed E-state index contributed by atoms with van der Waals surface area (Å²) in [5, 5.41) is 21.0. The second-order valence-corrected chi connectivity index (χ2v) is 7.61. The van der Waals surface area contributed by atoms with Crippen LogP contribution in [0.5, 0.6) is 17.2 Å². The second-order valence-electron chi connectivity index (χ2n) is 6.83. The largest absolute Gasteiger partial charge is 0.508 e. The Morgan fingerprint density at radius 2 is 2.14 bits per heavy atom. The number of hydrogen-bond donors (Lipinski definition) is 1. The van der Waals surface area contributed by atoms with Crippen LogP contribution >= 0.6 is 11.3 Å². The zero-order chi connectivity index (χ0) is 19.1. The van der Waals surface area contributed by atoms with Crippen molar-refractivity contribution in [1.29, 1.82) is 0 Å². The van der Waals surface area contributed by atoms with E-state index in [1.165, 1.54) is 0 Å². The summed E-state index contributed by atoms with van der Waals surface area (Å²) >= 11 is 1.64. The van der Waals surface area contributed by atoms with Gasteiger partial charge in [0, 0.05) is 23.1 Å². The summed E-state index contributed by atoms with van der Waals surface area (Å²) in [6, 6.07) is 15.4. The fourth-order valence-corrected chi connectivity index (χ4v) is 4.51. The van der Waals surface area contributed by atoms with Crippen molar-refractivity contribution in [3.05, 3.63) is 76.0 Å². The lowest BCUT2D eigenvalue weighted by molar-refractivity contribution is -0.0209. The lowest BCUT2D eigenvalue weighted by Crippen LogP contribution is -2.33. The Labute approximate surface area is 167 Å². The average molecular weight is 392 g/mol. The topological polar surface area (TPSA) is 54.3 Å². The molecule has 0 unspecified atom stereocenters. The van der Waals surface area contributed by atoms with Crippen LogP contribution in [0.25, 0.3) is 0 Å². The summed E-state index contributed by atoms with van der Waals surface area (Å²) in [6.45, 7) is 2.56. The van der Waals surface area contributed by atoms with E-state index in [-0.39, 0.29) is 18.0 Å². The van der Waals surface area contributed by atoms with E-state index in [0.717, 1.165) is 40.3 Å². The fraction of sp³-hybridized carbons (Fsp3) is 0.227. The Bertz CT molecular complexity index is 1030. The lowest BCUT2D eigenvalue weighted by atomic mass is 9.95. The maximum atomic E-state index is 9.88. The van der Waals surface area contributed by atoms with Crippen LogP contribution in [0.2, 0.25) is 0 Å². The minimum Gasteiger partial charge on any atom is -0.508 e. The molecule has 0 saturated carbocycles. The van der Waals surface area contributed by atoms with Gasteiger partial charge >= 0.3 is 0 Å². The summed E-state index contributed by atoms with van der Waals surface area (Å²) < 4.78 is 12.3. The van der Waals surface area contributed by atoms with Gasteiger partial charge in [0.15, 0.2) is 11.5 Å². The molecule has 6 heteroatoms. The van der Waals surface area contributed by atoms with Crippen molar-refractivity contribution in [3.63, 3.8) is 0 Å². The van der Waals surface area contributed by atoms with Crippen molar-refractivity contribution in [2.24, 2.45) is 5.10 Å². The van der Waals surface area contributed by atoms with E-state index in [1.807, 2.05) is 41.6 Å². The van der Waals surface area contributed by atoms with Crippen molar-refractivity contribution < 1.29 is 14.6 Å². The molecule has 0 saturated heterocycles. The van der Waals surface area contributed by atoms with E-state index in [0.29, 0.717) is 6.61 Å². The molecule has 0 amide bonds. The van der Waals surface area contributed by atoms with E-state index in [9.17, 15) is 5.11 Å². The number of benzene rings is 2. The van der Waals surface area contributed by atoms with Gasteiger partial charge in [0.25, 0.3) is 0 Å². The van der Waals surface area contributed by atoms with Gasteiger partial charge in [-0.1, -0.05) is 24.3 Å². The maximum Gasteiger partial charge on any atom is 0.214 e. The van der Waals surface area contributed by atoms with Gasteiger partial charge in [-0.05, 0) is 41.9 Å². The molecule has 3 heterocycles. The predicted molar refractivity (Wildman–Crippen MR) is 109 cm³/mol. The van der Waals surface area contributed by atoms with Crippen LogP contribution in [0.3, 0.4) is 0 Å². The Hall–Kier alpha value is -2.99. The molecule has 2 aromatic carbocycles. The molecule has 2 aliphatic rings. The van der Waals surface area contributed by atoms with Crippen LogP contribution < -0.4 is 9.47 Å². The van der Waals surface area contributed by atoms with Gasteiger partial charge < -0.3 is 14.6 Å². The number of phenols is 1. The van der Waals surface area contributed by atoms with Crippen molar-refractivity contribution in [1.82, 2.24) is 5.01 Å². The molecule has 5 nitrogen and oxygen atoms in total. The predicted octanol–water partition coefficient (Wildman–Crippen LogP) is 5.09. The Balaban J connectivity index is 1.61. The molecular weight excluding hydrogens is 372 g/mol. The maximum absolute atomic E-state index is 9.88. The van der Waals surface area contributed by atoms with Gasteiger partial charge in [0.05, 0.1) is 18.4 Å². The Morgan fingerprint density at radius 3 is 2.93 bits per heavy atom. The molecule has 0 bridgehead atoms. The molecule has 5 rings (SSSR count). The highest BCUT2D eigenvalue weighted by atomic mass is 32.1. The Kier molecular flexibility index (Phi) is 4.20. The third-order valence-electron chi connectivity index (χ3n) is 5.09. The molecular formula is C22H20N2O3S. The van der Waals surface area contributed by atoms with E-state index in [2.05, 4.69) is 17.5 Å². The molecule has 0 radical (unpaired) electrons. The first-order valence-electron chi connectivity index (χ1n) is 9.34. The summed E-state index contributed by atoms with van der Waals surface area (Å²) in [7, 11) is 0. The van der Waals surface area contributed by atoms with Crippen LogP contribution in [0.15, 0.2) is 64.4 Å². The number of para-hydroxylation sites is 1. The van der Waals surface area contributed by atoms with Crippen molar-refractivity contribution in [3.8, 4) is 17.2 Å². The van der Waals surface area contributed by atoms with Crippen LogP contribution in [-0.4, -0.2) is 22.4 Å². The molecule has 3 aromatic rings.